The van der Waals surface area contributed by atoms with Crippen LogP contribution in [0.5, 0.6) is 0 Å². The van der Waals surface area contributed by atoms with Crippen molar-refractivity contribution in [3.63, 3.8) is 0 Å². The minimum atomic E-state index is -0.110. The Morgan fingerprint density at radius 3 is 2.82 bits per heavy atom. The van der Waals surface area contributed by atoms with E-state index < -0.39 is 0 Å². The summed E-state index contributed by atoms with van der Waals surface area (Å²) in [7, 11) is 1.75. The monoisotopic (exact) mass is 376 g/mol. The van der Waals surface area contributed by atoms with Gasteiger partial charge in [0.1, 0.15) is 5.82 Å². The van der Waals surface area contributed by atoms with Gasteiger partial charge < -0.3 is 4.90 Å². The second-order valence-electron chi connectivity index (χ2n) is 7.36. The molecule has 0 saturated carbocycles. The van der Waals surface area contributed by atoms with Crippen molar-refractivity contribution in [2.45, 2.75) is 45.2 Å². The first-order valence-corrected chi connectivity index (χ1v) is 9.82. The summed E-state index contributed by atoms with van der Waals surface area (Å²) in [5.41, 5.74) is 1.97. The summed E-state index contributed by atoms with van der Waals surface area (Å²) >= 11 is 0. The van der Waals surface area contributed by atoms with Crippen molar-refractivity contribution in [1.82, 2.24) is 19.4 Å². The zero-order valence-electron chi connectivity index (χ0n) is 16.1. The molecule has 1 aliphatic heterocycles. The van der Waals surface area contributed by atoms with E-state index in [0.717, 1.165) is 43.7 Å². The summed E-state index contributed by atoms with van der Waals surface area (Å²) in [6, 6.07) is 10.8. The molecule has 0 spiro atoms. The molecule has 4 rings (SSSR count). The first-order valence-electron chi connectivity index (χ1n) is 9.82. The van der Waals surface area contributed by atoms with E-state index in [-0.39, 0.29) is 11.5 Å². The van der Waals surface area contributed by atoms with Gasteiger partial charge in [-0.05, 0) is 43.2 Å². The number of rotatable bonds is 3. The number of aryl methyl sites for hydroxylation is 1. The van der Waals surface area contributed by atoms with Crippen LogP contribution >= 0.6 is 0 Å². The molecular formula is C22H24N4O2. The Kier molecular flexibility index (Phi) is 5.19. The van der Waals surface area contributed by atoms with Crippen molar-refractivity contribution in [2.24, 2.45) is 0 Å². The molecule has 1 aromatic carbocycles. The van der Waals surface area contributed by atoms with E-state index in [1.165, 1.54) is 6.42 Å². The van der Waals surface area contributed by atoms with Crippen LogP contribution in [0.4, 0.5) is 0 Å². The van der Waals surface area contributed by atoms with Crippen LogP contribution < -0.4 is 5.56 Å². The van der Waals surface area contributed by atoms with Gasteiger partial charge in [0.25, 0.3) is 11.5 Å². The topological polar surface area (TPSA) is 68.1 Å². The average molecular weight is 376 g/mol. The van der Waals surface area contributed by atoms with Gasteiger partial charge in [-0.2, -0.15) is 0 Å². The molecule has 0 aliphatic carbocycles. The molecule has 3 heterocycles. The van der Waals surface area contributed by atoms with Gasteiger partial charge >= 0.3 is 0 Å². The molecule has 0 saturated heterocycles. The first kappa shape index (κ1) is 18.3. The molecule has 0 unspecified atom stereocenters. The van der Waals surface area contributed by atoms with Gasteiger partial charge in [0, 0.05) is 31.8 Å². The van der Waals surface area contributed by atoms with Crippen LogP contribution in [0.15, 0.2) is 47.4 Å². The fraction of sp³-hybridized carbons (Fsp3) is 0.364. The molecule has 0 N–H and O–H groups in total. The van der Waals surface area contributed by atoms with Gasteiger partial charge in [-0.1, -0.05) is 18.9 Å². The predicted molar refractivity (Wildman–Crippen MR) is 108 cm³/mol. The van der Waals surface area contributed by atoms with Crippen LogP contribution in [-0.4, -0.2) is 32.4 Å². The van der Waals surface area contributed by atoms with Crippen LogP contribution in [0.3, 0.4) is 0 Å². The molecule has 6 nitrogen and oxygen atoms in total. The Hall–Kier alpha value is -3.02. The Morgan fingerprint density at radius 1 is 1.14 bits per heavy atom. The average Bonchev–Trinajstić information content (AvgIpc) is 2.69. The highest BCUT2D eigenvalue weighted by molar-refractivity contribution is 5.97. The molecule has 1 aliphatic rings. The SMILES string of the molecule is CN(Cc1ccccn1)C(=O)c1ccc2c(=O)n3c(nc2c1)CCCCCC3. The molecule has 6 heteroatoms. The molecule has 0 fully saturated rings. The lowest BCUT2D eigenvalue weighted by atomic mass is 10.1. The van der Waals surface area contributed by atoms with Gasteiger partial charge in [-0.25, -0.2) is 4.98 Å². The van der Waals surface area contributed by atoms with Gasteiger partial charge in [0.05, 0.1) is 23.1 Å². The summed E-state index contributed by atoms with van der Waals surface area (Å²) in [6.07, 6.45) is 6.90. The molecule has 2 aromatic heterocycles. The maximum Gasteiger partial charge on any atom is 0.261 e. The quantitative estimate of drug-likeness (QED) is 0.704. The smallest absolute Gasteiger partial charge is 0.261 e. The van der Waals surface area contributed by atoms with Crippen LogP contribution in [0.25, 0.3) is 10.9 Å². The van der Waals surface area contributed by atoms with Gasteiger partial charge in [0.15, 0.2) is 0 Å². The number of benzene rings is 1. The van der Waals surface area contributed by atoms with Gasteiger partial charge in [0.2, 0.25) is 0 Å². The third kappa shape index (κ3) is 3.67. The maximum absolute atomic E-state index is 12.9. The standard InChI is InChI=1S/C22H24N4O2/c1-25(15-17-8-5-6-12-23-17)21(27)16-10-11-18-19(14-16)24-20-9-4-2-3-7-13-26(20)22(18)28/h5-6,8,10-12,14H,2-4,7,9,13,15H2,1H3. The third-order valence-corrected chi connectivity index (χ3v) is 5.29. The summed E-state index contributed by atoms with van der Waals surface area (Å²) < 4.78 is 1.82. The fourth-order valence-corrected chi connectivity index (χ4v) is 3.75. The van der Waals surface area contributed by atoms with Crippen LogP contribution in [0, 0.1) is 0 Å². The van der Waals surface area contributed by atoms with E-state index in [1.807, 2.05) is 22.8 Å². The van der Waals surface area contributed by atoms with E-state index >= 15 is 0 Å². The first-order chi connectivity index (χ1) is 13.6. The summed E-state index contributed by atoms with van der Waals surface area (Å²) in [6.45, 7) is 1.16. The Morgan fingerprint density at radius 2 is 2.00 bits per heavy atom. The van der Waals surface area contributed by atoms with Gasteiger partial charge in [-0.15, -0.1) is 0 Å². The zero-order chi connectivity index (χ0) is 19.5. The zero-order valence-corrected chi connectivity index (χ0v) is 16.1. The molecule has 3 aromatic rings. The predicted octanol–water partition coefficient (Wildman–Crippen LogP) is 3.18. The van der Waals surface area contributed by atoms with Crippen molar-refractivity contribution in [3.05, 3.63) is 70.0 Å². The highest BCUT2D eigenvalue weighted by atomic mass is 16.2. The number of hydrogen-bond donors (Lipinski definition) is 0. The van der Waals surface area contributed by atoms with Gasteiger partial charge in [-0.3, -0.25) is 19.1 Å². The Balaban J connectivity index is 1.66. The number of amides is 1. The van der Waals surface area contributed by atoms with E-state index in [2.05, 4.69) is 4.98 Å². The number of hydrogen-bond acceptors (Lipinski definition) is 4. The number of aromatic nitrogens is 3. The van der Waals surface area contributed by atoms with Crippen molar-refractivity contribution >= 4 is 16.8 Å². The molecule has 0 radical (unpaired) electrons. The summed E-state index contributed by atoms with van der Waals surface area (Å²) in [4.78, 5) is 36.4. The highest BCUT2D eigenvalue weighted by Crippen LogP contribution is 2.17. The van der Waals surface area contributed by atoms with Crippen molar-refractivity contribution in [2.75, 3.05) is 7.05 Å². The second-order valence-corrected chi connectivity index (χ2v) is 7.36. The normalized spacial score (nSPS) is 14.2. The van der Waals surface area contributed by atoms with E-state index in [4.69, 9.17) is 4.98 Å². The molecular weight excluding hydrogens is 352 g/mol. The molecule has 0 atom stereocenters. The lowest BCUT2D eigenvalue weighted by Crippen LogP contribution is -2.28. The van der Waals surface area contributed by atoms with Crippen LogP contribution in [0.2, 0.25) is 0 Å². The summed E-state index contributed by atoms with van der Waals surface area (Å²) in [5.74, 6) is 0.727. The maximum atomic E-state index is 12.9. The second kappa shape index (κ2) is 7.92. The lowest BCUT2D eigenvalue weighted by molar-refractivity contribution is 0.0783. The number of carbonyl (C=O) groups excluding carboxylic acids is 1. The van der Waals surface area contributed by atoms with Crippen molar-refractivity contribution in [3.8, 4) is 0 Å². The minimum Gasteiger partial charge on any atom is -0.336 e. The highest BCUT2D eigenvalue weighted by Gasteiger charge is 2.17. The third-order valence-electron chi connectivity index (χ3n) is 5.29. The van der Waals surface area contributed by atoms with Crippen molar-refractivity contribution in [1.29, 1.82) is 0 Å². The molecule has 0 bridgehead atoms. The minimum absolute atomic E-state index is 0.00254. The fourth-order valence-electron chi connectivity index (χ4n) is 3.75. The largest absolute Gasteiger partial charge is 0.336 e. The van der Waals surface area contributed by atoms with Crippen LogP contribution in [-0.2, 0) is 19.5 Å². The lowest BCUT2D eigenvalue weighted by Gasteiger charge is -2.18. The number of nitrogens with zero attached hydrogens (tertiary/aromatic N) is 4. The Labute approximate surface area is 163 Å². The molecule has 28 heavy (non-hydrogen) atoms. The number of pyridine rings is 1. The number of fused-ring (bicyclic) bond motifs is 2. The summed E-state index contributed by atoms with van der Waals surface area (Å²) in [5, 5.41) is 0.577. The molecule has 144 valence electrons. The Bertz CT molecular complexity index is 1060. The van der Waals surface area contributed by atoms with Crippen LogP contribution in [0.1, 0.15) is 47.6 Å². The van der Waals surface area contributed by atoms with E-state index in [9.17, 15) is 9.59 Å². The van der Waals surface area contributed by atoms with E-state index in [0.29, 0.717) is 23.0 Å². The number of carbonyl (C=O) groups is 1. The van der Waals surface area contributed by atoms with Crippen molar-refractivity contribution < 1.29 is 4.79 Å². The van der Waals surface area contributed by atoms with E-state index in [1.54, 1.807) is 36.3 Å². The molecule has 1 amide bonds.